The molecule has 2 aliphatic rings. The van der Waals surface area contributed by atoms with Gasteiger partial charge in [-0.2, -0.15) is 0 Å². The van der Waals surface area contributed by atoms with Gasteiger partial charge in [-0.05, 0) is 35.2 Å². The lowest BCUT2D eigenvalue weighted by molar-refractivity contribution is -0.124. The summed E-state index contributed by atoms with van der Waals surface area (Å²) in [6.45, 7) is 5.19. The zero-order valence-corrected chi connectivity index (χ0v) is 14.2. The number of nitrogens with zero attached hydrogens (tertiary/aromatic N) is 1. The van der Waals surface area contributed by atoms with Gasteiger partial charge in [-0.25, -0.2) is 0 Å². The molecule has 1 fully saturated rings. The number of anilines is 1. The van der Waals surface area contributed by atoms with E-state index in [4.69, 9.17) is 0 Å². The molecule has 23 heavy (non-hydrogen) atoms. The minimum absolute atomic E-state index is 0.123. The molecule has 1 aromatic heterocycles. The maximum Gasteiger partial charge on any atom is 0.223 e. The van der Waals surface area contributed by atoms with Crippen molar-refractivity contribution in [2.45, 2.75) is 31.3 Å². The third-order valence-electron chi connectivity index (χ3n) is 5.17. The van der Waals surface area contributed by atoms with E-state index in [2.05, 4.69) is 71.9 Å². The first-order chi connectivity index (χ1) is 11.0. The number of benzene rings is 1. The van der Waals surface area contributed by atoms with Crippen LogP contribution in [0.4, 0.5) is 5.69 Å². The Kier molecular flexibility index (Phi) is 3.13. The molecule has 0 aliphatic carbocycles. The Bertz CT molecular complexity index is 778. The molecule has 1 N–H and O–H groups in total. The van der Waals surface area contributed by atoms with Crippen LogP contribution in [0.2, 0.25) is 0 Å². The number of amides is 1. The van der Waals surface area contributed by atoms with E-state index in [-0.39, 0.29) is 11.3 Å². The van der Waals surface area contributed by atoms with E-state index in [1.807, 2.05) is 6.07 Å². The fraction of sp³-hybridized carbons (Fsp3) is 0.316. The first-order valence-electron chi connectivity index (χ1n) is 7.95. The second-order valence-electron chi connectivity index (χ2n) is 6.71. The van der Waals surface area contributed by atoms with Crippen molar-refractivity contribution in [3.63, 3.8) is 0 Å². The largest absolute Gasteiger partial charge is 0.344 e. The minimum atomic E-state index is -0.504. The van der Waals surface area contributed by atoms with Gasteiger partial charge in [0.1, 0.15) is 5.66 Å². The lowest BCUT2D eigenvalue weighted by Gasteiger charge is -2.49. The summed E-state index contributed by atoms with van der Waals surface area (Å²) in [7, 11) is 0. The van der Waals surface area contributed by atoms with E-state index in [1.165, 1.54) is 16.1 Å². The monoisotopic (exact) mass is 324 g/mol. The Hall–Kier alpha value is -2.07. The molecule has 2 aromatic rings. The molecular formula is C19H20N2OS. The zero-order chi connectivity index (χ0) is 16.1. The number of para-hydroxylation sites is 1. The summed E-state index contributed by atoms with van der Waals surface area (Å²) < 4.78 is 0. The number of nitrogens with one attached hydrogen (secondary N) is 1. The van der Waals surface area contributed by atoms with Crippen molar-refractivity contribution >= 4 is 29.0 Å². The third kappa shape index (κ3) is 1.98. The average molecular weight is 324 g/mol. The Balaban J connectivity index is 1.87. The predicted molar refractivity (Wildman–Crippen MR) is 95.7 cm³/mol. The Labute approximate surface area is 140 Å². The van der Waals surface area contributed by atoms with Crippen LogP contribution in [0.15, 0.2) is 47.9 Å². The Morgan fingerprint density at radius 1 is 1.22 bits per heavy atom. The number of carbonyl (C=O) groups excluding carboxylic acids is 1. The first-order valence-corrected chi connectivity index (χ1v) is 8.83. The van der Waals surface area contributed by atoms with Gasteiger partial charge in [0.15, 0.2) is 0 Å². The van der Waals surface area contributed by atoms with E-state index in [9.17, 15) is 4.79 Å². The van der Waals surface area contributed by atoms with Gasteiger partial charge in [-0.15, -0.1) is 11.3 Å². The van der Waals surface area contributed by atoms with Crippen LogP contribution in [-0.2, 0) is 10.2 Å². The van der Waals surface area contributed by atoms with Gasteiger partial charge >= 0.3 is 0 Å². The molecule has 4 rings (SSSR count). The number of hydrogen-bond acceptors (Lipinski definition) is 3. The molecule has 4 heteroatoms. The summed E-state index contributed by atoms with van der Waals surface area (Å²) >= 11 is 1.71. The van der Waals surface area contributed by atoms with Crippen LogP contribution >= 0.6 is 11.3 Å². The van der Waals surface area contributed by atoms with E-state index >= 15 is 0 Å². The number of rotatable bonds is 2. The van der Waals surface area contributed by atoms with Crippen molar-refractivity contribution in [2.24, 2.45) is 0 Å². The summed E-state index contributed by atoms with van der Waals surface area (Å²) in [5.74, 6) is 0.123. The number of hydrogen-bond donors (Lipinski definition) is 1. The molecular weight excluding hydrogens is 304 g/mol. The van der Waals surface area contributed by atoms with Crippen LogP contribution in [0.1, 0.15) is 30.7 Å². The highest BCUT2D eigenvalue weighted by molar-refractivity contribution is 7.10. The highest BCUT2D eigenvalue weighted by atomic mass is 32.1. The molecule has 0 bridgehead atoms. The van der Waals surface area contributed by atoms with Crippen molar-refractivity contribution in [3.05, 3.63) is 58.3 Å². The molecule has 0 radical (unpaired) electrons. The molecule has 118 valence electrons. The van der Waals surface area contributed by atoms with Crippen molar-refractivity contribution in [2.75, 3.05) is 11.4 Å². The lowest BCUT2D eigenvalue weighted by atomic mass is 9.74. The van der Waals surface area contributed by atoms with Crippen molar-refractivity contribution < 1.29 is 4.79 Å². The first kappa shape index (κ1) is 14.5. The predicted octanol–water partition coefficient (Wildman–Crippen LogP) is 3.78. The van der Waals surface area contributed by atoms with Crippen LogP contribution in [0.25, 0.3) is 6.08 Å². The van der Waals surface area contributed by atoms with Gasteiger partial charge in [0.25, 0.3) is 0 Å². The van der Waals surface area contributed by atoms with Gasteiger partial charge in [0, 0.05) is 28.9 Å². The van der Waals surface area contributed by atoms with E-state index in [0.717, 1.165) is 6.54 Å². The average Bonchev–Trinajstić information content (AvgIpc) is 3.11. The maximum atomic E-state index is 12.2. The molecule has 1 saturated heterocycles. The van der Waals surface area contributed by atoms with Crippen LogP contribution in [0.5, 0.6) is 0 Å². The summed E-state index contributed by atoms with van der Waals surface area (Å²) in [6.07, 6.45) is 4.85. The molecule has 1 amide bonds. The van der Waals surface area contributed by atoms with Gasteiger partial charge < -0.3 is 10.2 Å². The summed E-state index contributed by atoms with van der Waals surface area (Å²) in [5, 5.41) is 5.37. The maximum absolute atomic E-state index is 12.2. The molecule has 2 aliphatic heterocycles. The highest BCUT2D eigenvalue weighted by Gasteiger charge is 2.57. The Morgan fingerprint density at radius 2 is 2.04 bits per heavy atom. The van der Waals surface area contributed by atoms with Gasteiger partial charge in [-0.1, -0.05) is 38.1 Å². The van der Waals surface area contributed by atoms with Crippen LogP contribution in [-0.4, -0.2) is 18.1 Å². The number of carbonyl (C=O) groups is 1. The van der Waals surface area contributed by atoms with Crippen LogP contribution in [0, 0.1) is 0 Å². The smallest absolute Gasteiger partial charge is 0.223 e. The van der Waals surface area contributed by atoms with Crippen LogP contribution in [0.3, 0.4) is 0 Å². The summed E-state index contributed by atoms with van der Waals surface area (Å²) in [4.78, 5) is 15.8. The van der Waals surface area contributed by atoms with Gasteiger partial charge in [0.05, 0.1) is 0 Å². The van der Waals surface area contributed by atoms with E-state index < -0.39 is 5.66 Å². The lowest BCUT2D eigenvalue weighted by Crippen LogP contribution is -2.68. The Morgan fingerprint density at radius 3 is 2.83 bits per heavy atom. The zero-order valence-electron chi connectivity index (χ0n) is 13.4. The topological polar surface area (TPSA) is 32.3 Å². The molecule has 3 nitrogen and oxygen atoms in total. The molecule has 3 heterocycles. The summed E-state index contributed by atoms with van der Waals surface area (Å²) in [5.41, 5.74) is 1.81. The van der Waals surface area contributed by atoms with E-state index in [1.54, 1.807) is 11.3 Å². The third-order valence-corrected chi connectivity index (χ3v) is 6.01. The molecule has 1 atom stereocenters. The van der Waals surface area contributed by atoms with E-state index in [0.29, 0.717) is 6.42 Å². The van der Waals surface area contributed by atoms with Crippen LogP contribution < -0.4 is 10.2 Å². The minimum Gasteiger partial charge on any atom is -0.344 e. The highest BCUT2D eigenvalue weighted by Crippen LogP contribution is 2.52. The normalized spacial score (nSPS) is 25.3. The van der Waals surface area contributed by atoms with Gasteiger partial charge in [-0.3, -0.25) is 4.79 Å². The molecule has 0 saturated carbocycles. The number of fused-ring (bicyclic) bond motifs is 3. The second kappa shape index (κ2) is 4.96. The SMILES string of the molecule is CC1(C)c2ccccc2N2CCC(=O)N[C@@]21/C=C/c1cccs1. The van der Waals surface area contributed by atoms with Gasteiger partial charge in [0.2, 0.25) is 5.91 Å². The van der Waals surface area contributed by atoms with Crippen molar-refractivity contribution in [1.29, 1.82) is 0 Å². The standard InChI is InChI=1S/C19H20N2OS/c1-18(2)15-7-3-4-8-16(15)21-12-10-17(22)20-19(18,21)11-9-14-6-5-13-23-14/h3-9,11,13H,10,12H2,1-2H3,(H,20,22)/b11-9+/t19-/m0/s1. The second-order valence-corrected chi connectivity index (χ2v) is 7.69. The fourth-order valence-electron chi connectivity index (χ4n) is 3.91. The molecule has 0 unspecified atom stereocenters. The number of thiophene rings is 1. The van der Waals surface area contributed by atoms with Crippen molar-refractivity contribution in [3.8, 4) is 0 Å². The molecule has 0 spiro atoms. The molecule has 1 aromatic carbocycles. The quantitative estimate of drug-likeness (QED) is 0.912. The van der Waals surface area contributed by atoms with Crippen molar-refractivity contribution in [1.82, 2.24) is 5.32 Å². The summed E-state index contributed by atoms with van der Waals surface area (Å²) in [6, 6.07) is 12.6. The fourth-order valence-corrected chi connectivity index (χ4v) is 4.53.